The molecule has 0 spiro atoms. The van der Waals surface area contributed by atoms with Crippen molar-refractivity contribution in [3.05, 3.63) is 23.4 Å². The van der Waals surface area contributed by atoms with Gasteiger partial charge in [0.05, 0.1) is 11.4 Å². The van der Waals surface area contributed by atoms with E-state index in [0.717, 1.165) is 17.8 Å². The average Bonchev–Trinajstić information content (AvgIpc) is 2.95. The number of aromatic nitrogens is 2. The Morgan fingerprint density at radius 1 is 1.53 bits per heavy atom. The summed E-state index contributed by atoms with van der Waals surface area (Å²) in [6.45, 7) is 2.31. The van der Waals surface area contributed by atoms with E-state index in [2.05, 4.69) is 15.0 Å². The fourth-order valence-electron chi connectivity index (χ4n) is 1.50. The van der Waals surface area contributed by atoms with Crippen molar-refractivity contribution in [1.29, 1.82) is 0 Å². The Labute approximate surface area is 104 Å². The standard InChI is InChI=1S/C11H16N4OS/c1-15(6-3-5-12)8-10-13-11(14-16-10)9-4-2-7-17-9/h2,4,7H,3,5-6,8,12H2,1H3. The van der Waals surface area contributed by atoms with Gasteiger partial charge in [-0.25, -0.2) is 0 Å². The monoisotopic (exact) mass is 252 g/mol. The number of nitrogens with zero attached hydrogens (tertiary/aromatic N) is 3. The Balaban J connectivity index is 1.94. The second-order valence-electron chi connectivity index (χ2n) is 3.87. The minimum atomic E-state index is 0.646. The highest BCUT2D eigenvalue weighted by atomic mass is 32.1. The molecule has 0 atom stereocenters. The fraction of sp³-hybridized carbons (Fsp3) is 0.455. The predicted octanol–water partition coefficient (Wildman–Crippen LogP) is 1.58. The number of rotatable bonds is 6. The van der Waals surface area contributed by atoms with Crippen molar-refractivity contribution in [3.8, 4) is 10.7 Å². The van der Waals surface area contributed by atoms with Crippen molar-refractivity contribution < 1.29 is 4.52 Å². The molecule has 2 rings (SSSR count). The molecule has 0 aliphatic rings. The van der Waals surface area contributed by atoms with Crippen LogP contribution in [0.1, 0.15) is 12.3 Å². The summed E-state index contributed by atoms with van der Waals surface area (Å²) in [4.78, 5) is 7.52. The molecule has 0 fully saturated rings. The molecule has 6 heteroatoms. The van der Waals surface area contributed by atoms with Gasteiger partial charge in [0.15, 0.2) is 0 Å². The van der Waals surface area contributed by atoms with Crippen LogP contribution in [-0.4, -0.2) is 35.2 Å². The zero-order valence-electron chi connectivity index (χ0n) is 9.80. The highest BCUT2D eigenvalue weighted by Gasteiger charge is 2.10. The van der Waals surface area contributed by atoms with Gasteiger partial charge >= 0.3 is 0 Å². The summed E-state index contributed by atoms with van der Waals surface area (Å²) >= 11 is 1.61. The van der Waals surface area contributed by atoms with Crippen LogP contribution in [0.5, 0.6) is 0 Å². The fourth-order valence-corrected chi connectivity index (χ4v) is 2.15. The lowest BCUT2D eigenvalue weighted by molar-refractivity contribution is 0.265. The van der Waals surface area contributed by atoms with Gasteiger partial charge in [0, 0.05) is 0 Å². The quantitative estimate of drug-likeness (QED) is 0.845. The van der Waals surface area contributed by atoms with Crippen LogP contribution < -0.4 is 5.73 Å². The van der Waals surface area contributed by atoms with Gasteiger partial charge in [0.2, 0.25) is 11.7 Å². The van der Waals surface area contributed by atoms with Gasteiger partial charge in [-0.3, -0.25) is 4.90 Å². The van der Waals surface area contributed by atoms with E-state index >= 15 is 0 Å². The molecule has 0 radical (unpaired) electrons. The molecule has 2 aromatic rings. The van der Waals surface area contributed by atoms with E-state index in [9.17, 15) is 0 Å². The number of hydrogen-bond acceptors (Lipinski definition) is 6. The molecule has 92 valence electrons. The number of hydrogen-bond donors (Lipinski definition) is 1. The molecule has 5 nitrogen and oxygen atoms in total. The summed E-state index contributed by atoms with van der Waals surface area (Å²) in [7, 11) is 2.02. The van der Waals surface area contributed by atoms with Gasteiger partial charge in [-0.1, -0.05) is 11.2 Å². The van der Waals surface area contributed by atoms with E-state index in [1.807, 2.05) is 24.6 Å². The summed E-state index contributed by atoms with van der Waals surface area (Å²) in [6.07, 6.45) is 0.975. The van der Waals surface area contributed by atoms with Gasteiger partial charge in [-0.15, -0.1) is 11.3 Å². The van der Waals surface area contributed by atoms with Crippen molar-refractivity contribution in [1.82, 2.24) is 15.0 Å². The van der Waals surface area contributed by atoms with E-state index in [4.69, 9.17) is 10.3 Å². The molecule has 17 heavy (non-hydrogen) atoms. The Hall–Kier alpha value is -1.24. The van der Waals surface area contributed by atoms with Crippen LogP contribution >= 0.6 is 11.3 Å². The van der Waals surface area contributed by atoms with E-state index in [-0.39, 0.29) is 0 Å². The molecule has 0 saturated carbocycles. The molecule has 0 saturated heterocycles. The molecule has 0 aliphatic carbocycles. The zero-order valence-corrected chi connectivity index (χ0v) is 10.6. The summed E-state index contributed by atoms with van der Waals surface area (Å²) < 4.78 is 5.21. The van der Waals surface area contributed by atoms with Gasteiger partial charge in [-0.2, -0.15) is 4.98 Å². The van der Waals surface area contributed by atoms with Gasteiger partial charge in [-0.05, 0) is 38.0 Å². The highest BCUT2D eigenvalue weighted by Crippen LogP contribution is 2.21. The lowest BCUT2D eigenvalue weighted by Crippen LogP contribution is -2.21. The zero-order chi connectivity index (χ0) is 12.1. The molecule has 2 heterocycles. The summed E-state index contributed by atoms with van der Waals surface area (Å²) in [5.41, 5.74) is 5.46. The van der Waals surface area contributed by atoms with Crippen molar-refractivity contribution in [2.45, 2.75) is 13.0 Å². The Bertz CT molecular complexity index is 440. The topological polar surface area (TPSA) is 68.2 Å². The Morgan fingerprint density at radius 2 is 2.41 bits per heavy atom. The van der Waals surface area contributed by atoms with E-state index in [0.29, 0.717) is 24.8 Å². The number of nitrogens with two attached hydrogens (primary N) is 1. The molecule has 2 aromatic heterocycles. The van der Waals surface area contributed by atoms with Crippen LogP contribution in [-0.2, 0) is 6.54 Å². The SMILES string of the molecule is CN(CCCN)Cc1nc(-c2cccs2)no1. The maximum atomic E-state index is 5.46. The minimum absolute atomic E-state index is 0.646. The lowest BCUT2D eigenvalue weighted by Gasteiger charge is -2.12. The first-order valence-electron chi connectivity index (χ1n) is 5.54. The number of thiophene rings is 1. The normalized spacial score (nSPS) is 11.2. The Morgan fingerprint density at radius 3 is 3.12 bits per heavy atom. The first-order valence-corrected chi connectivity index (χ1v) is 6.42. The van der Waals surface area contributed by atoms with Crippen molar-refractivity contribution in [2.75, 3.05) is 20.1 Å². The van der Waals surface area contributed by atoms with Crippen LogP contribution in [0.4, 0.5) is 0 Å². The van der Waals surface area contributed by atoms with Crippen LogP contribution in [0, 0.1) is 0 Å². The summed E-state index contributed by atoms with van der Waals surface area (Å²) in [5.74, 6) is 1.31. The molecule has 0 bridgehead atoms. The molecular formula is C11H16N4OS. The predicted molar refractivity (Wildman–Crippen MR) is 67.6 cm³/mol. The van der Waals surface area contributed by atoms with Crippen LogP contribution in [0.2, 0.25) is 0 Å². The van der Waals surface area contributed by atoms with Crippen LogP contribution in [0.25, 0.3) is 10.7 Å². The van der Waals surface area contributed by atoms with Crippen LogP contribution in [0.15, 0.2) is 22.0 Å². The van der Waals surface area contributed by atoms with Crippen molar-refractivity contribution >= 4 is 11.3 Å². The third-order valence-electron chi connectivity index (χ3n) is 2.36. The van der Waals surface area contributed by atoms with E-state index < -0.39 is 0 Å². The minimum Gasteiger partial charge on any atom is -0.338 e. The maximum absolute atomic E-state index is 5.46. The largest absolute Gasteiger partial charge is 0.338 e. The smallest absolute Gasteiger partial charge is 0.241 e. The molecular weight excluding hydrogens is 236 g/mol. The second-order valence-corrected chi connectivity index (χ2v) is 4.82. The van der Waals surface area contributed by atoms with Gasteiger partial charge in [0.1, 0.15) is 0 Å². The molecule has 0 aliphatic heterocycles. The van der Waals surface area contributed by atoms with Gasteiger partial charge in [0.25, 0.3) is 0 Å². The third-order valence-corrected chi connectivity index (χ3v) is 3.22. The summed E-state index contributed by atoms with van der Waals surface area (Å²) in [6, 6.07) is 3.96. The maximum Gasteiger partial charge on any atom is 0.241 e. The summed E-state index contributed by atoms with van der Waals surface area (Å²) in [5, 5.41) is 5.96. The second kappa shape index (κ2) is 5.90. The molecule has 0 amide bonds. The van der Waals surface area contributed by atoms with E-state index in [1.165, 1.54) is 0 Å². The Kier molecular flexibility index (Phi) is 4.24. The van der Waals surface area contributed by atoms with E-state index in [1.54, 1.807) is 11.3 Å². The van der Waals surface area contributed by atoms with Crippen molar-refractivity contribution in [2.24, 2.45) is 5.73 Å². The lowest BCUT2D eigenvalue weighted by atomic mass is 10.4. The average molecular weight is 252 g/mol. The molecule has 2 N–H and O–H groups in total. The van der Waals surface area contributed by atoms with Gasteiger partial charge < -0.3 is 10.3 Å². The first kappa shape index (κ1) is 12.2. The van der Waals surface area contributed by atoms with Crippen LogP contribution in [0.3, 0.4) is 0 Å². The third kappa shape index (κ3) is 3.36. The van der Waals surface area contributed by atoms with Crippen molar-refractivity contribution in [3.63, 3.8) is 0 Å². The first-order chi connectivity index (χ1) is 8.29. The molecule has 0 unspecified atom stereocenters. The highest BCUT2D eigenvalue weighted by molar-refractivity contribution is 7.13. The molecule has 0 aromatic carbocycles.